The minimum absolute atomic E-state index is 0.669. The van der Waals surface area contributed by atoms with Crippen molar-refractivity contribution in [2.75, 3.05) is 0 Å². The Kier molecular flexibility index (Phi) is 4.65. The molecule has 0 amide bonds. The van der Waals surface area contributed by atoms with E-state index in [0.717, 1.165) is 18.7 Å². The summed E-state index contributed by atoms with van der Waals surface area (Å²) in [4.78, 5) is 0. The summed E-state index contributed by atoms with van der Waals surface area (Å²) in [6.07, 6.45) is 0. The lowest BCUT2D eigenvalue weighted by molar-refractivity contribution is 0.691. The summed E-state index contributed by atoms with van der Waals surface area (Å²) < 4.78 is 0. The highest BCUT2D eigenvalue weighted by atomic mass is 35.5. The fraction of sp³-hybridized carbons (Fsp3) is 0.200. The molecule has 0 atom stereocenters. The van der Waals surface area contributed by atoms with Crippen molar-refractivity contribution < 1.29 is 0 Å². The van der Waals surface area contributed by atoms with Crippen LogP contribution in [0.1, 0.15) is 16.7 Å². The molecule has 0 spiro atoms. The van der Waals surface area contributed by atoms with Crippen molar-refractivity contribution in [3.8, 4) is 0 Å². The summed E-state index contributed by atoms with van der Waals surface area (Å²) in [5.41, 5.74) is 3.67. The Bertz CT molecular complexity index is 538. The molecule has 1 N–H and O–H groups in total. The summed E-state index contributed by atoms with van der Waals surface area (Å²) in [5.74, 6) is 0. The van der Waals surface area contributed by atoms with E-state index in [-0.39, 0.29) is 0 Å². The second-order valence-corrected chi connectivity index (χ2v) is 5.11. The Morgan fingerprint density at radius 1 is 0.944 bits per heavy atom. The zero-order valence-electron chi connectivity index (χ0n) is 10.2. The molecule has 18 heavy (non-hydrogen) atoms. The van der Waals surface area contributed by atoms with Gasteiger partial charge in [-0.1, -0.05) is 53.5 Å². The lowest BCUT2D eigenvalue weighted by atomic mass is 10.1. The lowest BCUT2D eigenvalue weighted by Crippen LogP contribution is -2.13. The molecular weight excluding hydrogens is 265 g/mol. The van der Waals surface area contributed by atoms with E-state index in [1.807, 2.05) is 12.1 Å². The van der Waals surface area contributed by atoms with Crippen LogP contribution >= 0.6 is 23.2 Å². The second-order valence-electron chi connectivity index (χ2n) is 4.27. The molecule has 94 valence electrons. The molecule has 3 heteroatoms. The molecule has 0 saturated heterocycles. The molecule has 0 unspecified atom stereocenters. The molecule has 2 aromatic carbocycles. The first-order valence-electron chi connectivity index (χ1n) is 5.86. The van der Waals surface area contributed by atoms with Crippen molar-refractivity contribution in [2.45, 2.75) is 20.0 Å². The monoisotopic (exact) mass is 279 g/mol. The van der Waals surface area contributed by atoms with Crippen molar-refractivity contribution >= 4 is 23.2 Å². The Morgan fingerprint density at radius 2 is 1.67 bits per heavy atom. The van der Waals surface area contributed by atoms with E-state index in [4.69, 9.17) is 23.2 Å². The first-order chi connectivity index (χ1) is 8.66. The fourth-order valence-corrected chi connectivity index (χ4v) is 2.28. The smallest absolute Gasteiger partial charge is 0.0465 e. The number of nitrogens with one attached hydrogen (secondary N) is 1. The van der Waals surface area contributed by atoms with Gasteiger partial charge < -0.3 is 5.32 Å². The van der Waals surface area contributed by atoms with Crippen molar-refractivity contribution in [2.24, 2.45) is 0 Å². The zero-order chi connectivity index (χ0) is 13.0. The summed E-state index contributed by atoms with van der Waals surface area (Å²) in [5, 5.41) is 4.77. The molecule has 2 aromatic rings. The molecule has 0 radical (unpaired) electrons. The quantitative estimate of drug-likeness (QED) is 0.863. The number of hydrogen-bond donors (Lipinski definition) is 1. The van der Waals surface area contributed by atoms with Gasteiger partial charge in [0.25, 0.3) is 0 Å². The number of rotatable bonds is 4. The zero-order valence-corrected chi connectivity index (χ0v) is 11.7. The van der Waals surface area contributed by atoms with E-state index >= 15 is 0 Å². The molecule has 0 saturated carbocycles. The van der Waals surface area contributed by atoms with E-state index in [9.17, 15) is 0 Å². The van der Waals surface area contributed by atoms with Crippen LogP contribution in [-0.4, -0.2) is 0 Å². The van der Waals surface area contributed by atoms with Crippen LogP contribution < -0.4 is 5.32 Å². The second kappa shape index (κ2) is 6.24. The van der Waals surface area contributed by atoms with Gasteiger partial charge in [-0.05, 0) is 35.7 Å². The topological polar surface area (TPSA) is 12.0 Å². The lowest BCUT2D eigenvalue weighted by Gasteiger charge is -2.09. The normalized spacial score (nSPS) is 10.6. The maximum absolute atomic E-state index is 6.12. The Morgan fingerprint density at radius 3 is 2.39 bits per heavy atom. The van der Waals surface area contributed by atoms with Crippen molar-refractivity contribution in [3.63, 3.8) is 0 Å². The summed E-state index contributed by atoms with van der Waals surface area (Å²) in [6, 6.07) is 13.9. The van der Waals surface area contributed by atoms with Crippen LogP contribution in [0.4, 0.5) is 0 Å². The van der Waals surface area contributed by atoms with Gasteiger partial charge in [0.15, 0.2) is 0 Å². The molecule has 1 nitrogen and oxygen atoms in total. The van der Waals surface area contributed by atoms with Crippen molar-refractivity contribution in [3.05, 3.63) is 69.2 Å². The Balaban J connectivity index is 1.95. The van der Waals surface area contributed by atoms with E-state index in [1.54, 1.807) is 6.07 Å². The summed E-state index contributed by atoms with van der Waals surface area (Å²) in [7, 11) is 0. The molecule has 0 aliphatic rings. The molecule has 0 aliphatic carbocycles. The minimum Gasteiger partial charge on any atom is -0.309 e. The van der Waals surface area contributed by atoms with Crippen LogP contribution in [0, 0.1) is 6.92 Å². The molecule has 0 fully saturated rings. The summed E-state index contributed by atoms with van der Waals surface area (Å²) >= 11 is 12.0. The van der Waals surface area contributed by atoms with Crippen LogP contribution in [-0.2, 0) is 13.1 Å². The van der Waals surface area contributed by atoms with Gasteiger partial charge in [-0.3, -0.25) is 0 Å². The largest absolute Gasteiger partial charge is 0.309 e. The number of halogens is 2. The minimum atomic E-state index is 0.669. The molecule has 2 rings (SSSR count). The predicted molar refractivity (Wildman–Crippen MR) is 78.2 cm³/mol. The third-order valence-corrected chi connectivity index (χ3v) is 3.49. The van der Waals surface area contributed by atoms with Crippen molar-refractivity contribution in [1.29, 1.82) is 0 Å². The first-order valence-corrected chi connectivity index (χ1v) is 6.61. The van der Waals surface area contributed by atoms with Crippen LogP contribution in [0.2, 0.25) is 10.0 Å². The number of hydrogen-bond acceptors (Lipinski definition) is 1. The van der Waals surface area contributed by atoms with Crippen LogP contribution in [0.3, 0.4) is 0 Å². The van der Waals surface area contributed by atoms with Gasteiger partial charge >= 0.3 is 0 Å². The molecule has 0 heterocycles. The van der Waals surface area contributed by atoms with Gasteiger partial charge in [0.2, 0.25) is 0 Å². The van der Waals surface area contributed by atoms with Crippen molar-refractivity contribution in [1.82, 2.24) is 5.32 Å². The van der Waals surface area contributed by atoms with Crippen LogP contribution in [0.5, 0.6) is 0 Å². The fourth-order valence-electron chi connectivity index (χ4n) is 1.81. The van der Waals surface area contributed by atoms with E-state index < -0.39 is 0 Å². The maximum Gasteiger partial charge on any atom is 0.0465 e. The molecule has 0 bridgehead atoms. The number of aryl methyl sites for hydroxylation is 1. The van der Waals surface area contributed by atoms with Crippen LogP contribution in [0.15, 0.2) is 42.5 Å². The Hall–Kier alpha value is -1.02. The molecule has 0 aliphatic heterocycles. The van der Waals surface area contributed by atoms with Gasteiger partial charge in [0.1, 0.15) is 0 Å². The highest BCUT2D eigenvalue weighted by molar-refractivity contribution is 6.35. The predicted octanol–water partition coefficient (Wildman–Crippen LogP) is 4.59. The first kappa shape index (κ1) is 13.4. The Labute approximate surface area is 118 Å². The standard InChI is InChI=1S/C15H15Cl2N/c1-11-4-2-3-5-12(11)9-18-10-13-6-7-14(16)8-15(13)17/h2-8,18H,9-10H2,1H3. The number of benzene rings is 2. The molecule has 0 aromatic heterocycles. The average molecular weight is 280 g/mol. The van der Waals surface area contributed by atoms with Gasteiger partial charge in [-0.25, -0.2) is 0 Å². The maximum atomic E-state index is 6.12. The van der Waals surface area contributed by atoms with Crippen LogP contribution in [0.25, 0.3) is 0 Å². The SMILES string of the molecule is Cc1ccccc1CNCc1ccc(Cl)cc1Cl. The summed E-state index contributed by atoms with van der Waals surface area (Å²) in [6.45, 7) is 3.70. The molecular formula is C15H15Cl2N. The average Bonchev–Trinajstić information content (AvgIpc) is 2.34. The van der Waals surface area contributed by atoms with E-state index in [0.29, 0.717) is 10.0 Å². The van der Waals surface area contributed by atoms with Gasteiger partial charge in [-0.15, -0.1) is 0 Å². The van der Waals surface area contributed by atoms with E-state index in [1.165, 1.54) is 11.1 Å². The van der Waals surface area contributed by atoms with Gasteiger partial charge in [0, 0.05) is 23.1 Å². The third-order valence-electron chi connectivity index (χ3n) is 2.91. The van der Waals surface area contributed by atoms with E-state index in [2.05, 4.69) is 36.5 Å². The van der Waals surface area contributed by atoms with Gasteiger partial charge in [0.05, 0.1) is 0 Å². The highest BCUT2D eigenvalue weighted by Crippen LogP contribution is 2.20. The highest BCUT2D eigenvalue weighted by Gasteiger charge is 2.01. The van der Waals surface area contributed by atoms with Gasteiger partial charge in [-0.2, -0.15) is 0 Å². The third kappa shape index (κ3) is 3.49.